The fraction of sp³-hybridized carbons (Fsp3) is 0.958. The van der Waals surface area contributed by atoms with Gasteiger partial charge in [0.05, 0.1) is 6.61 Å². The van der Waals surface area contributed by atoms with Gasteiger partial charge in [0.1, 0.15) is 55.4 Å². The van der Waals surface area contributed by atoms with E-state index in [1.54, 1.807) is 0 Å². The molecule has 12 nitrogen and oxygen atoms in total. The zero-order chi connectivity index (χ0) is 26.7. The third-order valence-electron chi connectivity index (χ3n) is 6.68. The van der Waals surface area contributed by atoms with E-state index in [1.165, 1.54) is 32.1 Å². The summed E-state index contributed by atoms with van der Waals surface area (Å²) in [7, 11) is 0. The van der Waals surface area contributed by atoms with Gasteiger partial charge in [0.15, 0.2) is 12.6 Å². The maximum absolute atomic E-state index is 12.1. The Balaban J connectivity index is 1.76. The molecule has 0 unspecified atom stereocenters. The molecular weight excluding hydrogens is 480 g/mol. The summed E-state index contributed by atoms with van der Waals surface area (Å²) >= 11 is 0. The molecule has 12 heteroatoms. The molecule has 0 amide bonds. The Morgan fingerprint density at radius 3 is 1.67 bits per heavy atom. The fourth-order valence-corrected chi connectivity index (χ4v) is 4.31. The molecule has 0 bridgehead atoms. The van der Waals surface area contributed by atoms with Gasteiger partial charge in [-0.3, -0.25) is 4.79 Å². The first-order valence-corrected chi connectivity index (χ1v) is 13.0. The van der Waals surface area contributed by atoms with Crippen molar-refractivity contribution in [3.05, 3.63) is 0 Å². The van der Waals surface area contributed by atoms with Crippen molar-refractivity contribution in [3.63, 3.8) is 0 Å². The van der Waals surface area contributed by atoms with Crippen LogP contribution in [0.25, 0.3) is 0 Å². The molecule has 7 N–H and O–H groups in total. The summed E-state index contributed by atoms with van der Waals surface area (Å²) in [5.41, 5.74) is 0. The number of carbonyl (C=O) groups is 1. The zero-order valence-electron chi connectivity index (χ0n) is 20.9. The van der Waals surface area contributed by atoms with Crippen LogP contribution in [-0.4, -0.2) is 116 Å². The summed E-state index contributed by atoms with van der Waals surface area (Å²) < 4.78 is 21.2. The van der Waals surface area contributed by atoms with E-state index in [0.717, 1.165) is 19.3 Å². The van der Waals surface area contributed by atoms with Crippen molar-refractivity contribution >= 4 is 5.97 Å². The Labute approximate surface area is 211 Å². The predicted octanol–water partition coefficient (Wildman–Crippen LogP) is -0.925. The van der Waals surface area contributed by atoms with Gasteiger partial charge in [0, 0.05) is 6.42 Å². The summed E-state index contributed by atoms with van der Waals surface area (Å²) in [6.07, 6.45) is -5.76. The molecule has 0 saturated carbocycles. The van der Waals surface area contributed by atoms with Crippen LogP contribution in [0.15, 0.2) is 0 Å². The second kappa shape index (κ2) is 16.1. The molecule has 212 valence electrons. The van der Waals surface area contributed by atoms with Gasteiger partial charge in [-0.15, -0.1) is 0 Å². The van der Waals surface area contributed by atoms with Crippen LogP contribution in [0.1, 0.15) is 71.1 Å². The quantitative estimate of drug-likeness (QED) is 0.103. The topological polar surface area (TPSA) is 196 Å². The number of esters is 1. The highest BCUT2D eigenvalue weighted by Gasteiger charge is 2.49. The van der Waals surface area contributed by atoms with Gasteiger partial charge in [-0.2, -0.15) is 0 Å². The van der Waals surface area contributed by atoms with E-state index in [1.807, 2.05) is 0 Å². The standard InChI is InChI=1S/C24H44O12/c1-2-3-4-5-6-7-8-9-10-11-16(26)33-13-15-18(28)20(30)22(32)24(35-15)36-23-21(31)19(29)17(27)14(12-25)34-23/h14-15,17-25,27-32H,2-13H2,1H3/t14-,15-,17-,18-,19+,20+,21-,22-,23-,24-/m1/s1. The number of rotatable bonds is 15. The monoisotopic (exact) mass is 524 g/mol. The van der Waals surface area contributed by atoms with Gasteiger partial charge in [-0.05, 0) is 6.42 Å². The molecule has 0 aromatic heterocycles. The number of aliphatic hydroxyl groups excluding tert-OH is 7. The Hall–Kier alpha value is -0.930. The molecule has 2 rings (SSSR count). The van der Waals surface area contributed by atoms with Gasteiger partial charge in [-0.1, -0.05) is 58.3 Å². The summed E-state index contributed by atoms with van der Waals surface area (Å²) in [6.45, 7) is 1.09. The lowest BCUT2D eigenvalue weighted by molar-refractivity contribution is -0.376. The molecule has 2 heterocycles. The average molecular weight is 525 g/mol. The van der Waals surface area contributed by atoms with Gasteiger partial charge < -0.3 is 54.7 Å². The normalized spacial score (nSPS) is 37.1. The zero-order valence-corrected chi connectivity index (χ0v) is 20.9. The lowest BCUT2D eigenvalue weighted by atomic mass is 9.98. The summed E-state index contributed by atoms with van der Waals surface area (Å²) in [5.74, 6) is -0.485. The van der Waals surface area contributed by atoms with Gasteiger partial charge in [-0.25, -0.2) is 0 Å². The first kappa shape index (κ1) is 31.3. The molecule has 36 heavy (non-hydrogen) atoms. The lowest BCUT2D eigenvalue weighted by Gasteiger charge is -2.44. The van der Waals surface area contributed by atoms with E-state index in [9.17, 15) is 40.5 Å². The van der Waals surface area contributed by atoms with Crippen LogP contribution in [0.2, 0.25) is 0 Å². The van der Waals surface area contributed by atoms with Crippen molar-refractivity contribution in [2.24, 2.45) is 0 Å². The smallest absolute Gasteiger partial charge is 0.305 e. The first-order valence-electron chi connectivity index (χ1n) is 13.0. The molecule has 0 radical (unpaired) electrons. The highest BCUT2D eigenvalue weighted by Crippen LogP contribution is 2.28. The van der Waals surface area contributed by atoms with Crippen molar-refractivity contribution in [1.82, 2.24) is 0 Å². The SMILES string of the molecule is CCCCCCCCCCCC(=O)OC[C@H]1O[C@H](O[C@H]2O[C@H](CO)[C@@H](O)[C@H](O)[C@H]2O)[C@H](O)[C@@H](O)[C@@H]1O. The fourth-order valence-electron chi connectivity index (χ4n) is 4.31. The molecule has 0 aliphatic carbocycles. The molecule has 10 atom stereocenters. The highest BCUT2D eigenvalue weighted by atomic mass is 16.8. The van der Waals surface area contributed by atoms with E-state index in [4.69, 9.17) is 18.9 Å². The van der Waals surface area contributed by atoms with Crippen LogP contribution >= 0.6 is 0 Å². The highest BCUT2D eigenvalue weighted by molar-refractivity contribution is 5.69. The molecule has 0 spiro atoms. The lowest BCUT2D eigenvalue weighted by Crippen LogP contribution is -2.63. The molecule has 0 aromatic carbocycles. The third kappa shape index (κ3) is 9.12. The number of hydrogen-bond donors (Lipinski definition) is 7. The number of aliphatic hydroxyl groups is 7. The van der Waals surface area contributed by atoms with E-state index in [2.05, 4.69) is 6.92 Å². The maximum Gasteiger partial charge on any atom is 0.305 e. The van der Waals surface area contributed by atoms with Crippen LogP contribution in [0.4, 0.5) is 0 Å². The summed E-state index contributed by atoms with van der Waals surface area (Å²) in [6, 6.07) is 0. The molecule has 2 aliphatic heterocycles. The number of carbonyl (C=O) groups excluding carboxylic acids is 1. The van der Waals surface area contributed by atoms with E-state index in [-0.39, 0.29) is 6.42 Å². The van der Waals surface area contributed by atoms with E-state index < -0.39 is 80.6 Å². The molecule has 2 aliphatic rings. The largest absolute Gasteiger partial charge is 0.463 e. The minimum atomic E-state index is -1.76. The van der Waals surface area contributed by atoms with E-state index >= 15 is 0 Å². The molecule has 2 fully saturated rings. The van der Waals surface area contributed by atoms with Crippen molar-refractivity contribution in [2.45, 2.75) is 133 Å². The van der Waals surface area contributed by atoms with Crippen molar-refractivity contribution in [1.29, 1.82) is 0 Å². The third-order valence-corrected chi connectivity index (χ3v) is 6.68. The summed E-state index contributed by atoms with van der Waals surface area (Å²) in [4.78, 5) is 12.1. The van der Waals surface area contributed by atoms with Gasteiger partial charge >= 0.3 is 5.97 Å². The predicted molar refractivity (Wildman–Crippen MR) is 124 cm³/mol. The summed E-state index contributed by atoms with van der Waals surface area (Å²) in [5, 5.41) is 69.8. The number of hydrogen-bond acceptors (Lipinski definition) is 12. The van der Waals surface area contributed by atoms with Crippen LogP contribution in [0.3, 0.4) is 0 Å². The Morgan fingerprint density at radius 1 is 0.667 bits per heavy atom. The second-order valence-electron chi connectivity index (χ2n) is 9.61. The van der Waals surface area contributed by atoms with E-state index in [0.29, 0.717) is 6.42 Å². The number of unbranched alkanes of at least 4 members (excludes halogenated alkanes) is 8. The Kier molecular flexibility index (Phi) is 14.0. The van der Waals surface area contributed by atoms with Gasteiger partial charge in [0.2, 0.25) is 0 Å². The molecule has 0 aromatic rings. The maximum atomic E-state index is 12.1. The average Bonchev–Trinajstić information content (AvgIpc) is 2.87. The Bertz CT molecular complexity index is 620. The Morgan fingerprint density at radius 2 is 1.14 bits per heavy atom. The molecular formula is C24H44O12. The minimum Gasteiger partial charge on any atom is -0.463 e. The minimum absolute atomic E-state index is 0.203. The van der Waals surface area contributed by atoms with Crippen molar-refractivity contribution in [3.8, 4) is 0 Å². The van der Waals surface area contributed by atoms with Crippen molar-refractivity contribution in [2.75, 3.05) is 13.2 Å². The molecule has 2 saturated heterocycles. The van der Waals surface area contributed by atoms with Crippen LogP contribution in [0, 0.1) is 0 Å². The van der Waals surface area contributed by atoms with Crippen molar-refractivity contribution < 1.29 is 59.5 Å². The first-order chi connectivity index (χ1) is 17.2. The van der Waals surface area contributed by atoms with Gasteiger partial charge in [0.25, 0.3) is 0 Å². The van der Waals surface area contributed by atoms with Crippen LogP contribution in [-0.2, 0) is 23.7 Å². The number of ether oxygens (including phenoxy) is 4. The van der Waals surface area contributed by atoms with Crippen LogP contribution < -0.4 is 0 Å². The second-order valence-corrected chi connectivity index (χ2v) is 9.61. The van der Waals surface area contributed by atoms with Crippen LogP contribution in [0.5, 0.6) is 0 Å².